The van der Waals surface area contributed by atoms with Crippen molar-refractivity contribution < 1.29 is 4.57 Å². The molecule has 25 heavy (non-hydrogen) atoms. The largest absolute Gasteiger partial charge is 0.309 e. The molecule has 0 bridgehead atoms. The Labute approximate surface area is 155 Å². The number of hydrogen-bond donors (Lipinski definition) is 1. The third-order valence-electron chi connectivity index (χ3n) is 4.42. The zero-order valence-corrected chi connectivity index (χ0v) is 16.6. The normalized spacial score (nSPS) is 12.2. The van der Waals surface area contributed by atoms with E-state index >= 15 is 0 Å². The van der Waals surface area contributed by atoms with Gasteiger partial charge in [-0.15, -0.1) is 12.6 Å². The molecule has 0 spiro atoms. The third kappa shape index (κ3) is 3.47. The fourth-order valence-corrected chi connectivity index (χ4v) is 6.31. The standard InChI is InChI=1S/C22H23OPS/c1-22(2,3)17-14-15-20(21(25)16-17)24(23,18-10-6-4-7-11-18)19-12-8-5-9-13-19/h4-16,25H,1-3H3. The first-order valence-electron chi connectivity index (χ1n) is 8.39. The molecule has 0 aliphatic rings. The van der Waals surface area contributed by atoms with Crippen molar-refractivity contribution in [3.05, 3.63) is 84.4 Å². The van der Waals surface area contributed by atoms with Gasteiger partial charge in [-0.3, -0.25) is 0 Å². The van der Waals surface area contributed by atoms with Gasteiger partial charge >= 0.3 is 0 Å². The van der Waals surface area contributed by atoms with E-state index in [1.165, 1.54) is 5.56 Å². The van der Waals surface area contributed by atoms with Crippen LogP contribution in [0, 0.1) is 0 Å². The van der Waals surface area contributed by atoms with Crippen molar-refractivity contribution in [3.63, 3.8) is 0 Å². The molecule has 0 unspecified atom stereocenters. The van der Waals surface area contributed by atoms with E-state index in [0.29, 0.717) is 0 Å². The van der Waals surface area contributed by atoms with E-state index < -0.39 is 7.14 Å². The summed E-state index contributed by atoms with van der Waals surface area (Å²) in [5.41, 5.74) is 1.22. The first-order chi connectivity index (χ1) is 11.8. The third-order valence-corrected chi connectivity index (χ3v) is 8.09. The number of benzene rings is 3. The molecule has 0 saturated carbocycles. The highest BCUT2D eigenvalue weighted by Crippen LogP contribution is 2.44. The van der Waals surface area contributed by atoms with Gasteiger partial charge in [0.05, 0.1) is 0 Å². The van der Waals surface area contributed by atoms with Gasteiger partial charge in [-0.2, -0.15) is 0 Å². The Kier molecular flexibility index (Phi) is 4.95. The molecule has 0 aromatic heterocycles. The molecule has 0 saturated heterocycles. The Morgan fingerprint density at radius 3 is 1.64 bits per heavy atom. The number of thiol groups is 1. The van der Waals surface area contributed by atoms with Crippen molar-refractivity contribution in [2.45, 2.75) is 31.1 Å². The number of rotatable bonds is 3. The highest BCUT2D eigenvalue weighted by molar-refractivity contribution is 7.87. The van der Waals surface area contributed by atoms with Crippen LogP contribution in [0.1, 0.15) is 26.3 Å². The van der Waals surface area contributed by atoms with Crippen molar-refractivity contribution >= 4 is 35.7 Å². The summed E-state index contributed by atoms with van der Waals surface area (Å²) in [4.78, 5) is 0.781. The molecule has 3 rings (SSSR count). The minimum atomic E-state index is -2.96. The van der Waals surface area contributed by atoms with Gasteiger partial charge in [0, 0.05) is 20.8 Å². The van der Waals surface area contributed by atoms with Crippen LogP contribution in [0.4, 0.5) is 0 Å². The average molecular weight is 366 g/mol. The lowest BCUT2D eigenvalue weighted by Crippen LogP contribution is -2.26. The minimum absolute atomic E-state index is 0.0273. The predicted molar refractivity (Wildman–Crippen MR) is 112 cm³/mol. The molecule has 0 amide bonds. The molecule has 0 N–H and O–H groups in total. The highest BCUT2D eigenvalue weighted by atomic mass is 32.1. The van der Waals surface area contributed by atoms with Gasteiger partial charge in [-0.05, 0) is 23.1 Å². The molecule has 0 fully saturated rings. The van der Waals surface area contributed by atoms with Gasteiger partial charge in [0.2, 0.25) is 0 Å². The predicted octanol–water partition coefficient (Wildman–Crippen LogP) is 4.91. The van der Waals surface area contributed by atoms with Gasteiger partial charge in [-0.1, -0.05) is 87.5 Å². The van der Waals surface area contributed by atoms with Crippen LogP contribution in [0.3, 0.4) is 0 Å². The molecule has 0 heterocycles. The smallest absolute Gasteiger partial charge is 0.172 e. The molecule has 0 aliphatic heterocycles. The van der Waals surface area contributed by atoms with Gasteiger partial charge < -0.3 is 4.57 Å². The second-order valence-electron chi connectivity index (χ2n) is 7.23. The summed E-state index contributed by atoms with van der Waals surface area (Å²) in [6.07, 6.45) is 0. The summed E-state index contributed by atoms with van der Waals surface area (Å²) in [6.45, 7) is 6.51. The summed E-state index contributed by atoms with van der Waals surface area (Å²) >= 11 is 4.72. The summed E-state index contributed by atoms with van der Waals surface area (Å²) in [5, 5.41) is 2.46. The Morgan fingerprint density at radius 1 is 0.760 bits per heavy atom. The quantitative estimate of drug-likeness (QED) is 0.515. The topological polar surface area (TPSA) is 17.1 Å². The van der Waals surface area contributed by atoms with Crippen LogP contribution in [0.15, 0.2) is 83.8 Å². The maximum Gasteiger partial charge on any atom is 0.172 e. The van der Waals surface area contributed by atoms with E-state index in [-0.39, 0.29) is 5.41 Å². The van der Waals surface area contributed by atoms with Crippen molar-refractivity contribution in [2.24, 2.45) is 0 Å². The Hall–Kier alpha value is -1.76. The van der Waals surface area contributed by atoms with E-state index in [1.54, 1.807) is 0 Å². The maximum absolute atomic E-state index is 14.4. The fraction of sp³-hybridized carbons (Fsp3) is 0.182. The van der Waals surface area contributed by atoms with Crippen LogP contribution in [0.5, 0.6) is 0 Å². The Bertz CT molecular complexity index is 868. The lowest BCUT2D eigenvalue weighted by Gasteiger charge is -2.24. The van der Waals surface area contributed by atoms with Crippen molar-refractivity contribution in [1.82, 2.24) is 0 Å². The van der Waals surface area contributed by atoms with Crippen LogP contribution in [0.2, 0.25) is 0 Å². The van der Waals surface area contributed by atoms with Crippen LogP contribution < -0.4 is 15.9 Å². The molecule has 0 radical (unpaired) electrons. The average Bonchev–Trinajstić information content (AvgIpc) is 2.62. The highest BCUT2D eigenvalue weighted by Gasteiger charge is 2.31. The molecular formula is C22H23OPS. The second-order valence-corrected chi connectivity index (χ2v) is 10.4. The van der Waals surface area contributed by atoms with E-state index in [4.69, 9.17) is 12.6 Å². The minimum Gasteiger partial charge on any atom is -0.309 e. The summed E-state index contributed by atoms with van der Waals surface area (Å²) in [5.74, 6) is 0. The van der Waals surface area contributed by atoms with Crippen LogP contribution in [-0.2, 0) is 9.98 Å². The second kappa shape index (κ2) is 6.86. The lowest BCUT2D eigenvalue weighted by molar-refractivity contribution is 0.587. The monoisotopic (exact) mass is 366 g/mol. The SMILES string of the molecule is CC(C)(C)c1ccc(P(=O)(c2ccccc2)c2ccccc2)c(S)c1. The summed E-state index contributed by atoms with van der Waals surface area (Å²) in [6, 6.07) is 25.5. The summed E-state index contributed by atoms with van der Waals surface area (Å²) in [7, 11) is -2.96. The lowest BCUT2D eigenvalue weighted by atomic mass is 9.87. The van der Waals surface area contributed by atoms with Crippen LogP contribution >= 0.6 is 19.8 Å². The molecule has 1 nitrogen and oxygen atoms in total. The van der Waals surface area contributed by atoms with Crippen LogP contribution in [0.25, 0.3) is 0 Å². The maximum atomic E-state index is 14.4. The van der Waals surface area contributed by atoms with Gasteiger partial charge in [0.15, 0.2) is 7.14 Å². The van der Waals surface area contributed by atoms with Crippen molar-refractivity contribution in [1.29, 1.82) is 0 Å². The molecule has 3 aromatic rings. The molecule has 0 atom stereocenters. The molecule has 3 heteroatoms. The van der Waals surface area contributed by atoms with E-state index in [1.807, 2.05) is 66.7 Å². The van der Waals surface area contributed by atoms with E-state index in [2.05, 4.69) is 32.9 Å². The molecule has 0 aliphatic carbocycles. The first kappa shape index (κ1) is 18.0. The van der Waals surface area contributed by atoms with E-state index in [0.717, 1.165) is 20.8 Å². The zero-order valence-electron chi connectivity index (χ0n) is 14.8. The van der Waals surface area contributed by atoms with E-state index in [9.17, 15) is 4.57 Å². The van der Waals surface area contributed by atoms with Crippen molar-refractivity contribution in [3.8, 4) is 0 Å². The zero-order chi connectivity index (χ0) is 18.1. The number of hydrogen-bond acceptors (Lipinski definition) is 2. The summed E-state index contributed by atoms with van der Waals surface area (Å²) < 4.78 is 14.4. The van der Waals surface area contributed by atoms with Gasteiger partial charge in [-0.25, -0.2) is 0 Å². The molecule has 3 aromatic carbocycles. The Morgan fingerprint density at radius 2 is 1.24 bits per heavy atom. The Balaban J connectivity index is 2.26. The molecule has 128 valence electrons. The van der Waals surface area contributed by atoms with Crippen molar-refractivity contribution in [2.75, 3.05) is 0 Å². The fourth-order valence-electron chi connectivity index (χ4n) is 2.96. The first-order valence-corrected chi connectivity index (χ1v) is 10.5. The van der Waals surface area contributed by atoms with Gasteiger partial charge in [0.1, 0.15) is 0 Å². The molecular weight excluding hydrogens is 343 g/mol. The van der Waals surface area contributed by atoms with Gasteiger partial charge in [0.25, 0.3) is 0 Å². The van der Waals surface area contributed by atoms with Crippen LogP contribution in [-0.4, -0.2) is 0 Å².